The smallest absolute Gasteiger partial charge is 0.00202 e. The van der Waals surface area contributed by atoms with Gasteiger partial charge >= 0.3 is 0 Å². The molecule has 1 heteroatoms. The second-order valence-electron chi connectivity index (χ2n) is 6.49. The number of hydrogen-bond acceptors (Lipinski definition) is 1. The molecule has 0 bridgehead atoms. The van der Waals surface area contributed by atoms with E-state index in [0.717, 1.165) is 24.3 Å². The van der Waals surface area contributed by atoms with E-state index < -0.39 is 0 Å². The zero-order chi connectivity index (χ0) is 11.6. The van der Waals surface area contributed by atoms with Crippen LogP contribution < -0.4 is 5.73 Å². The first-order valence-electron chi connectivity index (χ1n) is 7.43. The largest absolute Gasteiger partial charge is 0.330 e. The van der Waals surface area contributed by atoms with Crippen LogP contribution in [0.15, 0.2) is 0 Å². The zero-order valence-electron chi connectivity index (χ0n) is 11.2. The van der Waals surface area contributed by atoms with E-state index in [-0.39, 0.29) is 0 Å². The molecule has 0 heterocycles. The van der Waals surface area contributed by atoms with Crippen LogP contribution in [0.3, 0.4) is 0 Å². The van der Waals surface area contributed by atoms with Gasteiger partial charge in [0.05, 0.1) is 0 Å². The summed E-state index contributed by atoms with van der Waals surface area (Å²) in [5.74, 6) is 3.10. The molecule has 1 nitrogen and oxygen atoms in total. The second kappa shape index (κ2) is 5.08. The highest BCUT2D eigenvalue weighted by molar-refractivity contribution is 5.04. The van der Waals surface area contributed by atoms with Gasteiger partial charge in [-0.15, -0.1) is 0 Å². The standard InChI is InChI=1S/C15H29N/c1-3-5-6-12(4-2)8-15(11-16)9-13-7-14(13)10-15/h12-14H,3-11,16H2,1-2H3. The van der Waals surface area contributed by atoms with E-state index in [2.05, 4.69) is 13.8 Å². The Hall–Kier alpha value is -0.0400. The number of rotatable bonds is 7. The van der Waals surface area contributed by atoms with E-state index in [0.29, 0.717) is 5.41 Å². The normalized spacial score (nSPS) is 38.4. The van der Waals surface area contributed by atoms with Gasteiger partial charge in [-0.3, -0.25) is 0 Å². The molecule has 3 atom stereocenters. The molecule has 2 rings (SSSR count). The van der Waals surface area contributed by atoms with Crippen LogP contribution in [0.1, 0.15) is 65.2 Å². The van der Waals surface area contributed by atoms with Crippen LogP contribution in [0, 0.1) is 23.2 Å². The van der Waals surface area contributed by atoms with Gasteiger partial charge in [0.1, 0.15) is 0 Å². The lowest BCUT2D eigenvalue weighted by Gasteiger charge is -2.33. The van der Waals surface area contributed by atoms with Crippen molar-refractivity contribution in [1.82, 2.24) is 0 Å². The van der Waals surface area contributed by atoms with E-state index in [1.54, 1.807) is 0 Å². The van der Waals surface area contributed by atoms with Crippen molar-refractivity contribution in [1.29, 1.82) is 0 Å². The Morgan fingerprint density at radius 3 is 2.44 bits per heavy atom. The van der Waals surface area contributed by atoms with Crippen molar-refractivity contribution >= 4 is 0 Å². The molecule has 0 aromatic rings. The maximum atomic E-state index is 6.08. The van der Waals surface area contributed by atoms with Gasteiger partial charge in [-0.05, 0) is 55.4 Å². The fraction of sp³-hybridized carbons (Fsp3) is 1.00. The van der Waals surface area contributed by atoms with Gasteiger partial charge in [0, 0.05) is 0 Å². The molecule has 2 aliphatic rings. The van der Waals surface area contributed by atoms with Gasteiger partial charge in [0.25, 0.3) is 0 Å². The molecule has 2 N–H and O–H groups in total. The summed E-state index contributed by atoms with van der Waals surface area (Å²) in [4.78, 5) is 0. The minimum absolute atomic E-state index is 0.558. The Morgan fingerprint density at radius 1 is 1.25 bits per heavy atom. The minimum Gasteiger partial charge on any atom is -0.330 e. The van der Waals surface area contributed by atoms with Crippen LogP contribution in [0.5, 0.6) is 0 Å². The van der Waals surface area contributed by atoms with Crippen LogP contribution in [-0.2, 0) is 0 Å². The molecule has 0 aliphatic heterocycles. The van der Waals surface area contributed by atoms with E-state index >= 15 is 0 Å². The van der Waals surface area contributed by atoms with E-state index in [1.165, 1.54) is 51.4 Å². The lowest BCUT2D eigenvalue weighted by Crippen LogP contribution is -2.31. The lowest BCUT2D eigenvalue weighted by atomic mass is 9.74. The summed E-state index contributed by atoms with van der Waals surface area (Å²) in [6, 6.07) is 0. The van der Waals surface area contributed by atoms with E-state index in [1.807, 2.05) is 0 Å². The van der Waals surface area contributed by atoms with Crippen LogP contribution in [0.2, 0.25) is 0 Å². The average Bonchev–Trinajstić information content (AvgIpc) is 2.93. The molecule has 94 valence electrons. The van der Waals surface area contributed by atoms with Crippen LogP contribution in [0.4, 0.5) is 0 Å². The molecule has 16 heavy (non-hydrogen) atoms. The molecule has 0 saturated heterocycles. The van der Waals surface area contributed by atoms with Crippen LogP contribution >= 0.6 is 0 Å². The summed E-state index contributed by atoms with van der Waals surface area (Å²) < 4.78 is 0. The molecule has 0 radical (unpaired) electrons. The Balaban J connectivity index is 1.84. The first-order chi connectivity index (χ1) is 7.73. The van der Waals surface area contributed by atoms with Crippen molar-refractivity contribution in [2.24, 2.45) is 28.9 Å². The molecule has 2 saturated carbocycles. The molecule has 0 aromatic carbocycles. The Labute approximate surface area is 101 Å². The topological polar surface area (TPSA) is 26.0 Å². The maximum absolute atomic E-state index is 6.08. The van der Waals surface area contributed by atoms with Crippen molar-refractivity contribution in [3.63, 3.8) is 0 Å². The van der Waals surface area contributed by atoms with E-state index in [4.69, 9.17) is 5.73 Å². The van der Waals surface area contributed by atoms with Gasteiger partial charge < -0.3 is 5.73 Å². The van der Waals surface area contributed by atoms with Crippen LogP contribution in [0.25, 0.3) is 0 Å². The fourth-order valence-corrected chi connectivity index (χ4v) is 3.98. The SMILES string of the molecule is CCCCC(CC)CC1(CN)CC2CC2C1. The van der Waals surface area contributed by atoms with Crippen molar-refractivity contribution < 1.29 is 0 Å². The maximum Gasteiger partial charge on any atom is -0.00202 e. The summed E-state index contributed by atoms with van der Waals surface area (Å²) in [6.45, 7) is 5.61. The molecule has 3 unspecified atom stereocenters. The van der Waals surface area contributed by atoms with Crippen molar-refractivity contribution in [3.05, 3.63) is 0 Å². The predicted molar refractivity (Wildman–Crippen MR) is 70.2 cm³/mol. The van der Waals surface area contributed by atoms with Crippen molar-refractivity contribution in [2.45, 2.75) is 65.2 Å². The minimum atomic E-state index is 0.558. The van der Waals surface area contributed by atoms with Gasteiger partial charge in [-0.25, -0.2) is 0 Å². The predicted octanol–water partition coefficient (Wildman–Crippen LogP) is 3.97. The highest BCUT2D eigenvalue weighted by Gasteiger charge is 2.53. The zero-order valence-corrected chi connectivity index (χ0v) is 11.2. The second-order valence-corrected chi connectivity index (χ2v) is 6.49. The summed E-state index contributed by atoms with van der Waals surface area (Å²) in [5, 5.41) is 0. The molecular weight excluding hydrogens is 194 g/mol. The Bertz CT molecular complexity index is 213. The van der Waals surface area contributed by atoms with Gasteiger partial charge in [0.2, 0.25) is 0 Å². The van der Waals surface area contributed by atoms with Gasteiger partial charge in [0.15, 0.2) is 0 Å². The number of hydrogen-bond donors (Lipinski definition) is 1. The third kappa shape index (κ3) is 2.61. The molecule has 0 amide bonds. The monoisotopic (exact) mass is 223 g/mol. The lowest BCUT2D eigenvalue weighted by molar-refractivity contribution is 0.194. The summed E-state index contributed by atoms with van der Waals surface area (Å²) in [7, 11) is 0. The van der Waals surface area contributed by atoms with Crippen LogP contribution in [-0.4, -0.2) is 6.54 Å². The molecule has 0 aromatic heterocycles. The first-order valence-corrected chi connectivity index (χ1v) is 7.43. The highest BCUT2D eigenvalue weighted by atomic mass is 14.7. The average molecular weight is 223 g/mol. The Morgan fingerprint density at radius 2 is 1.94 bits per heavy atom. The molecule has 2 fully saturated rings. The summed E-state index contributed by atoms with van der Waals surface area (Å²) >= 11 is 0. The summed E-state index contributed by atoms with van der Waals surface area (Å²) in [5.41, 5.74) is 6.64. The molecular formula is C15H29N. The third-order valence-corrected chi connectivity index (χ3v) is 5.16. The quantitative estimate of drug-likeness (QED) is 0.694. The highest BCUT2D eigenvalue weighted by Crippen LogP contribution is 2.61. The number of fused-ring (bicyclic) bond motifs is 1. The first kappa shape index (κ1) is 12.4. The van der Waals surface area contributed by atoms with Gasteiger partial charge in [-0.1, -0.05) is 39.5 Å². The third-order valence-electron chi connectivity index (χ3n) is 5.16. The van der Waals surface area contributed by atoms with Crippen molar-refractivity contribution in [2.75, 3.05) is 6.54 Å². The number of nitrogens with two attached hydrogens (primary N) is 1. The fourth-order valence-electron chi connectivity index (χ4n) is 3.98. The van der Waals surface area contributed by atoms with Gasteiger partial charge in [-0.2, -0.15) is 0 Å². The molecule has 0 spiro atoms. The Kier molecular flexibility index (Phi) is 3.94. The summed E-state index contributed by atoms with van der Waals surface area (Å²) in [6.07, 6.45) is 11.4. The van der Waals surface area contributed by atoms with Crippen molar-refractivity contribution in [3.8, 4) is 0 Å². The number of unbranched alkanes of at least 4 members (excludes halogenated alkanes) is 1. The molecule has 2 aliphatic carbocycles. The van der Waals surface area contributed by atoms with E-state index in [9.17, 15) is 0 Å².